The Labute approximate surface area is 88.2 Å². The second kappa shape index (κ2) is 5.00. The minimum atomic E-state index is -0.235. The van der Waals surface area contributed by atoms with E-state index in [-0.39, 0.29) is 11.8 Å². The molecule has 0 aliphatic rings. The summed E-state index contributed by atoms with van der Waals surface area (Å²) in [6.45, 7) is 5.06. The van der Waals surface area contributed by atoms with Crippen molar-refractivity contribution < 1.29 is 4.79 Å². The van der Waals surface area contributed by atoms with E-state index < -0.39 is 0 Å². The van der Waals surface area contributed by atoms with Crippen LogP contribution in [0.15, 0.2) is 12.3 Å². The maximum absolute atomic E-state index is 10.9. The number of carbonyl (C=O) groups is 1. The van der Waals surface area contributed by atoms with E-state index in [1.54, 1.807) is 10.7 Å². The molecule has 4 nitrogen and oxygen atoms in total. The second-order valence-corrected chi connectivity index (χ2v) is 3.77. The Hall–Kier alpha value is -1.03. The third-order valence-electron chi connectivity index (χ3n) is 1.58. The lowest BCUT2D eigenvalue weighted by atomic mass is 10.2. The molecular weight excluding hydrogens is 202 g/mol. The zero-order valence-corrected chi connectivity index (χ0v) is 9.08. The molecule has 0 aliphatic heterocycles. The number of aromatic nitrogens is 2. The van der Waals surface area contributed by atoms with Crippen molar-refractivity contribution in [3.05, 3.63) is 12.3 Å². The zero-order valence-electron chi connectivity index (χ0n) is 8.33. The van der Waals surface area contributed by atoms with Gasteiger partial charge in [-0.2, -0.15) is 5.10 Å². The van der Waals surface area contributed by atoms with Crippen LogP contribution >= 0.6 is 11.6 Å². The second-order valence-electron chi connectivity index (χ2n) is 3.50. The van der Waals surface area contributed by atoms with Gasteiger partial charge in [0, 0.05) is 18.8 Å². The van der Waals surface area contributed by atoms with Gasteiger partial charge in [-0.1, -0.05) is 13.8 Å². The molecule has 0 spiro atoms. The van der Waals surface area contributed by atoms with E-state index in [0.29, 0.717) is 11.7 Å². The Morgan fingerprint density at radius 1 is 1.71 bits per heavy atom. The Balaban J connectivity index is 2.55. The first kappa shape index (κ1) is 11.0. The highest BCUT2D eigenvalue weighted by Gasteiger charge is 2.03. The summed E-state index contributed by atoms with van der Waals surface area (Å²) in [6.07, 6.45) is 1.84. The number of anilines is 1. The molecule has 0 bridgehead atoms. The highest BCUT2D eigenvalue weighted by molar-refractivity contribution is 6.28. The number of amides is 1. The molecule has 0 atom stereocenters. The Kier molecular flexibility index (Phi) is 3.95. The first-order valence-corrected chi connectivity index (χ1v) is 5.04. The van der Waals surface area contributed by atoms with Gasteiger partial charge in [-0.15, -0.1) is 11.6 Å². The van der Waals surface area contributed by atoms with Crippen LogP contribution in [0.5, 0.6) is 0 Å². The summed E-state index contributed by atoms with van der Waals surface area (Å²) >= 11 is 5.35. The third kappa shape index (κ3) is 3.38. The van der Waals surface area contributed by atoms with Crippen LogP contribution in [0, 0.1) is 5.92 Å². The fraction of sp³-hybridized carbons (Fsp3) is 0.556. The largest absolute Gasteiger partial charge is 0.308 e. The highest BCUT2D eigenvalue weighted by Crippen LogP contribution is 2.05. The minimum absolute atomic E-state index is 0.0446. The summed E-state index contributed by atoms with van der Waals surface area (Å²) in [4.78, 5) is 10.9. The van der Waals surface area contributed by atoms with Crippen molar-refractivity contribution in [3.8, 4) is 0 Å². The fourth-order valence-corrected chi connectivity index (χ4v) is 1.15. The van der Waals surface area contributed by atoms with E-state index in [1.807, 2.05) is 6.20 Å². The predicted molar refractivity (Wildman–Crippen MR) is 56.4 cm³/mol. The summed E-state index contributed by atoms with van der Waals surface area (Å²) < 4.78 is 1.80. The molecule has 0 fully saturated rings. The lowest BCUT2D eigenvalue weighted by Crippen LogP contribution is -2.13. The van der Waals surface area contributed by atoms with Gasteiger partial charge in [0.15, 0.2) is 5.82 Å². The number of halogens is 1. The van der Waals surface area contributed by atoms with Crippen molar-refractivity contribution in [2.45, 2.75) is 20.4 Å². The van der Waals surface area contributed by atoms with Crippen LogP contribution in [-0.4, -0.2) is 21.6 Å². The molecule has 0 radical (unpaired) electrons. The maximum atomic E-state index is 10.9. The van der Waals surface area contributed by atoms with Crippen LogP contribution < -0.4 is 5.32 Å². The average Bonchev–Trinajstić information content (AvgIpc) is 2.51. The molecule has 1 N–H and O–H groups in total. The monoisotopic (exact) mass is 215 g/mol. The standard InChI is InChI=1S/C9H14ClN3O/c1-7(2)6-13-4-3-8(12-13)11-9(14)5-10/h3-4,7H,5-6H2,1-2H3,(H,11,12,14). The van der Waals surface area contributed by atoms with Gasteiger partial charge in [0.25, 0.3) is 0 Å². The normalized spacial score (nSPS) is 10.6. The van der Waals surface area contributed by atoms with E-state index in [9.17, 15) is 4.79 Å². The van der Waals surface area contributed by atoms with E-state index in [1.165, 1.54) is 0 Å². The fourth-order valence-electron chi connectivity index (χ4n) is 1.08. The molecule has 5 heteroatoms. The van der Waals surface area contributed by atoms with Crippen molar-refractivity contribution in [2.24, 2.45) is 5.92 Å². The molecule has 0 saturated heterocycles. The van der Waals surface area contributed by atoms with Crippen LogP contribution in [-0.2, 0) is 11.3 Å². The molecule has 1 rings (SSSR count). The summed E-state index contributed by atoms with van der Waals surface area (Å²) in [5, 5.41) is 6.75. The summed E-state index contributed by atoms with van der Waals surface area (Å²) in [6, 6.07) is 1.76. The lowest BCUT2D eigenvalue weighted by Gasteiger charge is -2.03. The summed E-state index contributed by atoms with van der Waals surface area (Å²) in [5.41, 5.74) is 0. The van der Waals surface area contributed by atoms with Crippen molar-refractivity contribution in [1.82, 2.24) is 9.78 Å². The molecule has 0 aromatic carbocycles. The van der Waals surface area contributed by atoms with Gasteiger partial charge < -0.3 is 5.32 Å². The summed E-state index contributed by atoms with van der Waals surface area (Å²) in [5.74, 6) is 0.807. The topological polar surface area (TPSA) is 46.9 Å². The highest BCUT2D eigenvalue weighted by atomic mass is 35.5. The number of alkyl halides is 1. The first-order valence-electron chi connectivity index (χ1n) is 4.51. The molecule has 1 aromatic heterocycles. The SMILES string of the molecule is CC(C)Cn1ccc(NC(=O)CCl)n1. The van der Waals surface area contributed by atoms with Crippen molar-refractivity contribution in [1.29, 1.82) is 0 Å². The van der Waals surface area contributed by atoms with Crippen molar-refractivity contribution in [2.75, 3.05) is 11.2 Å². The van der Waals surface area contributed by atoms with E-state index in [4.69, 9.17) is 11.6 Å². The zero-order chi connectivity index (χ0) is 10.6. The average molecular weight is 216 g/mol. The van der Waals surface area contributed by atoms with Gasteiger partial charge in [-0.05, 0) is 5.92 Å². The van der Waals surface area contributed by atoms with Gasteiger partial charge in [-0.3, -0.25) is 9.48 Å². The van der Waals surface area contributed by atoms with Crippen LogP contribution in [0.1, 0.15) is 13.8 Å². The number of nitrogens with one attached hydrogen (secondary N) is 1. The molecule has 0 saturated carbocycles. The van der Waals surface area contributed by atoms with Crippen molar-refractivity contribution in [3.63, 3.8) is 0 Å². The molecule has 1 amide bonds. The molecule has 0 aliphatic carbocycles. The van der Waals surface area contributed by atoms with Crippen molar-refractivity contribution >= 4 is 23.3 Å². The van der Waals surface area contributed by atoms with Gasteiger partial charge in [0.05, 0.1) is 0 Å². The minimum Gasteiger partial charge on any atom is -0.308 e. The molecule has 1 heterocycles. The quantitative estimate of drug-likeness (QED) is 0.778. The van der Waals surface area contributed by atoms with Crippen LogP contribution in [0.2, 0.25) is 0 Å². The van der Waals surface area contributed by atoms with E-state index >= 15 is 0 Å². The van der Waals surface area contributed by atoms with Gasteiger partial charge in [-0.25, -0.2) is 0 Å². The Morgan fingerprint density at radius 3 is 3.00 bits per heavy atom. The first-order chi connectivity index (χ1) is 6.61. The number of carbonyl (C=O) groups excluding carboxylic acids is 1. The molecule has 78 valence electrons. The maximum Gasteiger partial charge on any atom is 0.240 e. The van der Waals surface area contributed by atoms with Gasteiger partial charge in [0.2, 0.25) is 5.91 Å². The van der Waals surface area contributed by atoms with Crippen LogP contribution in [0.3, 0.4) is 0 Å². The number of hydrogen-bond donors (Lipinski definition) is 1. The third-order valence-corrected chi connectivity index (χ3v) is 1.82. The smallest absolute Gasteiger partial charge is 0.240 e. The van der Waals surface area contributed by atoms with E-state index in [0.717, 1.165) is 6.54 Å². The molecule has 0 unspecified atom stereocenters. The molecular formula is C9H14ClN3O. The molecule has 1 aromatic rings. The lowest BCUT2D eigenvalue weighted by molar-refractivity contribution is -0.113. The Morgan fingerprint density at radius 2 is 2.43 bits per heavy atom. The number of hydrogen-bond acceptors (Lipinski definition) is 2. The van der Waals surface area contributed by atoms with Gasteiger partial charge in [0.1, 0.15) is 5.88 Å². The van der Waals surface area contributed by atoms with Crippen LogP contribution in [0.4, 0.5) is 5.82 Å². The molecule has 14 heavy (non-hydrogen) atoms. The predicted octanol–water partition coefficient (Wildman–Crippen LogP) is 1.72. The van der Waals surface area contributed by atoms with Gasteiger partial charge >= 0.3 is 0 Å². The van der Waals surface area contributed by atoms with E-state index in [2.05, 4.69) is 24.3 Å². The number of rotatable bonds is 4. The Bertz CT molecular complexity index is 309. The summed E-state index contributed by atoms with van der Waals surface area (Å²) in [7, 11) is 0. The number of nitrogens with zero attached hydrogens (tertiary/aromatic N) is 2. The van der Waals surface area contributed by atoms with Crippen LogP contribution in [0.25, 0.3) is 0 Å².